The number of carbonyl (C=O) groups is 1. The topological polar surface area (TPSA) is 75.8 Å². The first-order valence-corrected chi connectivity index (χ1v) is 5.48. The molecule has 0 aromatic heterocycles. The molecule has 0 saturated heterocycles. The van der Waals surface area contributed by atoms with Crippen LogP contribution in [0.25, 0.3) is 0 Å². The Labute approximate surface area is 101 Å². The molecule has 0 fully saturated rings. The van der Waals surface area contributed by atoms with Crippen LogP contribution in [0.2, 0.25) is 0 Å². The maximum atomic E-state index is 12.0. The van der Waals surface area contributed by atoms with Crippen LogP contribution in [0.4, 0.5) is 5.69 Å². The van der Waals surface area contributed by atoms with E-state index >= 15 is 0 Å². The minimum absolute atomic E-state index is 0.0285. The second-order valence-electron chi connectivity index (χ2n) is 3.70. The first-order chi connectivity index (χ1) is 8.06. The lowest BCUT2D eigenvalue weighted by Crippen LogP contribution is -2.30. The second kappa shape index (κ2) is 6.10. The van der Waals surface area contributed by atoms with E-state index in [1.54, 1.807) is 7.05 Å². The SMILES string of the molecule is CCOCCN(C)C(=O)c1cc(O)ccc1N. The Morgan fingerprint density at radius 1 is 1.53 bits per heavy atom. The molecule has 0 heterocycles. The van der Waals surface area contributed by atoms with Crippen molar-refractivity contribution >= 4 is 11.6 Å². The van der Waals surface area contributed by atoms with Crippen LogP contribution >= 0.6 is 0 Å². The summed E-state index contributed by atoms with van der Waals surface area (Å²) in [5.41, 5.74) is 6.36. The molecule has 17 heavy (non-hydrogen) atoms. The van der Waals surface area contributed by atoms with Gasteiger partial charge in [-0.3, -0.25) is 4.79 Å². The van der Waals surface area contributed by atoms with Gasteiger partial charge in [0.2, 0.25) is 0 Å². The Morgan fingerprint density at radius 2 is 2.24 bits per heavy atom. The predicted molar refractivity (Wildman–Crippen MR) is 66.0 cm³/mol. The molecule has 1 rings (SSSR count). The van der Waals surface area contributed by atoms with E-state index in [4.69, 9.17) is 10.5 Å². The van der Waals surface area contributed by atoms with Crippen molar-refractivity contribution in [3.8, 4) is 5.75 Å². The number of likely N-dealkylation sites (N-methyl/N-ethyl adjacent to an activating group) is 1. The molecule has 1 aromatic rings. The van der Waals surface area contributed by atoms with Gasteiger partial charge in [0.15, 0.2) is 0 Å². The third-order valence-corrected chi connectivity index (χ3v) is 2.39. The van der Waals surface area contributed by atoms with Crippen LogP contribution in [0.5, 0.6) is 5.75 Å². The number of hydrogen-bond acceptors (Lipinski definition) is 4. The highest BCUT2D eigenvalue weighted by molar-refractivity contribution is 5.99. The molecule has 0 bridgehead atoms. The van der Waals surface area contributed by atoms with E-state index < -0.39 is 0 Å². The number of rotatable bonds is 5. The minimum atomic E-state index is -0.224. The fraction of sp³-hybridized carbons (Fsp3) is 0.417. The summed E-state index contributed by atoms with van der Waals surface area (Å²) in [5, 5.41) is 9.33. The van der Waals surface area contributed by atoms with Gasteiger partial charge in [-0.25, -0.2) is 0 Å². The van der Waals surface area contributed by atoms with Crippen molar-refractivity contribution in [2.75, 3.05) is 32.5 Å². The smallest absolute Gasteiger partial charge is 0.255 e. The summed E-state index contributed by atoms with van der Waals surface area (Å²) >= 11 is 0. The van der Waals surface area contributed by atoms with Gasteiger partial charge in [-0.1, -0.05) is 0 Å². The van der Waals surface area contributed by atoms with Crippen LogP contribution in [0.3, 0.4) is 0 Å². The molecule has 1 amide bonds. The summed E-state index contributed by atoms with van der Waals surface area (Å²) in [7, 11) is 1.67. The fourth-order valence-corrected chi connectivity index (χ4v) is 1.38. The number of ether oxygens (including phenoxy) is 1. The average molecular weight is 238 g/mol. The van der Waals surface area contributed by atoms with E-state index in [1.165, 1.54) is 23.1 Å². The number of nitrogen functional groups attached to an aromatic ring is 1. The van der Waals surface area contributed by atoms with Crippen LogP contribution in [0, 0.1) is 0 Å². The van der Waals surface area contributed by atoms with E-state index in [-0.39, 0.29) is 11.7 Å². The van der Waals surface area contributed by atoms with Crippen molar-refractivity contribution in [2.45, 2.75) is 6.92 Å². The highest BCUT2D eigenvalue weighted by atomic mass is 16.5. The number of aromatic hydroxyl groups is 1. The van der Waals surface area contributed by atoms with Gasteiger partial charge in [0.25, 0.3) is 5.91 Å². The number of phenolic OH excluding ortho intramolecular Hbond substituents is 1. The van der Waals surface area contributed by atoms with Crippen LogP contribution in [0.15, 0.2) is 18.2 Å². The summed E-state index contributed by atoms with van der Waals surface area (Å²) in [6.07, 6.45) is 0. The van der Waals surface area contributed by atoms with Crippen molar-refractivity contribution in [1.29, 1.82) is 0 Å². The molecule has 94 valence electrons. The zero-order chi connectivity index (χ0) is 12.8. The summed E-state index contributed by atoms with van der Waals surface area (Å²) in [6.45, 7) is 3.49. The zero-order valence-corrected chi connectivity index (χ0v) is 10.1. The summed E-state index contributed by atoms with van der Waals surface area (Å²) in [4.78, 5) is 13.5. The summed E-state index contributed by atoms with van der Waals surface area (Å²) < 4.78 is 5.17. The molecule has 0 spiro atoms. The maximum absolute atomic E-state index is 12.0. The molecule has 0 radical (unpaired) electrons. The highest BCUT2D eigenvalue weighted by Crippen LogP contribution is 2.19. The average Bonchev–Trinajstić information content (AvgIpc) is 2.31. The van der Waals surface area contributed by atoms with Crippen LogP contribution in [0.1, 0.15) is 17.3 Å². The van der Waals surface area contributed by atoms with E-state index in [1.807, 2.05) is 6.92 Å². The number of carbonyl (C=O) groups excluding carboxylic acids is 1. The number of hydrogen-bond donors (Lipinski definition) is 2. The molecule has 5 nitrogen and oxygen atoms in total. The lowest BCUT2D eigenvalue weighted by atomic mass is 10.1. The number of phenols is 1. The van der Waals surface area contributed by atoms with E-state index in [2.05, 4.69) is 0 Å². The molecule has 0 unspecified atom stereocenters. The number of amides is 1. The lowest BCUT2D eigenvalue weighted by molar-refractivity contribution is 0.0710. The fourth-order valence-electron chi connectivity index (χ4n) is 1.38. The Balaban J connectivity index is 2.71. The van der Waals surface area contributed by atoms with Gasteiger partial charge in [-0.15, -0.1) is 0 Å². The Morgan fingerprint density at radius 3 is 2.88 bits per heavy atom. The van der Waals surface area contributed by atoms with Crippen LogP contribution in [-0.4, -0.2) is 42.7 Å². The molecule has 0 atom stereocenters. The van der Waals surface area contributed by atoms with E-state index in [0.29, 0.717) is 31.0 Å². The molecule has 5 heteroatoms. The zero-order valence-electron chi connectivity index (χ0n) is 10.1. The van der Waals surface area contributed by atoms with E-state index in [0.717, 1.165) is 0 Å². The molecule has 3 N–H and O–H groups in total. The van der Waals surface area contributed by atoms with Crippen molar-refractivity contribution in [1.82, 2.24) is 4.90 Å². The van der Waals surface area contributed by atoms with Gasteiger partial charge >= 0.3 is 0 Å². The highest BCUT2D eigenvalue weighted by Gasteiger charge is 2.14. The normalized spacial score (nSPS) is 10.2. The molecule has 0 aliphatic heterocycles. The Kier molecular flexibility index (Phi) is 4.78. The van der Waals surface area contributed by atoms with Gasteiger partial charge in [-0.05, 0) is 25.1 Å². The van der Waals surface area contributed by atoms with Crippen LogP contribution in [-0.2, 0) is 4.74 Å². The first kappa shape index (κ1) is 13.3. The summed E-state index contributed by atoms with van der Waals surface area (Å²) in [5.74, 6) is -0.195. The molecule has 0 saturated carbocycles. The minimum Gasteiger partial charge on any atom is -0.508 e. The van der Waals surface area contributed by atoms with Gasteiger partial charge in [0.05, 0.1) is 12.2 Å². The lowest BCUT2D eigenvalue weighted by Gasteiger charge is -2.18. The third-order valence-electron chi connectivity index (χ3n) is 2.39. The Bertz CT molecular complexity index is 393. The molecule has 0 aliphatic rings. The number of benzene rings is 1. The van der Waals surface area contributed by atoms with Gasteiger partial charge in [0, 0.05) is 25.9 Å². The quantitative estimate of drug-likeness (QED) is 0.457. The second-order valence-corrected chi connectivity index (χ2v) is 3.70. The molecule has 0 aliphatic carbocycles. The molecular formula is C12H18N2O3. The number of anilines is 1. The standard InChI is InChI=1S/C12H18N2O3/c1-3-17-7-6-14(2)12(16)10-8-9(15)4-5-11(10)13/h4-5,8,15H,3,6-7,13H2,1-2H3. The van der Waals surface area contributed by atoms with E-state index in [9.17, 15) is 9.90 Å². The maximum Gasteiger partial charge on any atom is 0.255 e. The first-order valence-electron chi connectivity index (χ1n) is 5.48. The molecule has 1 aromatic carbocycles. The molecular weight excluding hydrogens is 220 g/mol. The van der Waals surface area contributed by atoms with Gasteiger partial charge in [0.1, 0.15) is 5.75 Å². The number of nitrogens with two attached hydrogens (primary N) is 1. The number of nitrogens with zero attached hydrogens (tertiary/aromatic N) is 1. The van der Waals surface area contributed by atoms with Crippen molar-refractivity contribution in [3.05, 3.63) is 23.8 Å². The third kappa shape index (κ3) is 3.64. The Hall–Kier alpha value is -1.75. The summed E-state index contributed by atoms with van der Waals surface area (Å²) in [6, 6.07) is 4.33. The van der Waals surface area contributed by atoms with Crippen molar-refractivity contribution in [3.63, 3.8) is 0 Å². The predicted octanol–water partition coefficient (Wildman–Crippen LogP) is 1.08. The van der Waals surface area contributed by atoms with Gasteiger partial charge < -0.3 is 20.5 Å². The van der Waals surface area contributed by atoms with Crippen LogP contribution < -0.4 is 5.73 Å². The monoisotopic (exact) mass is 238 g/mol. The largest absolute Gasteiger partial charge is 0.508 e. The van der Waals surface area contributed by atoms with Crippen molar-refractivity contribution < 1.29 is 14.6 Å². The van der Waals surface area contributed by atoms with Crippen molar-refractivity contribution in [2.24, 2.45) is 0 Å². The van der Waals surface area contributed by atoms with Gasteiger partial charge in [-0.2, -0.15) is 0 Å².